The van der Waals surface area contributed by atoms with Crippen molar-refractivity contribution in [1.82, 2.24) is 29.4 Å². The lowest BCUT2D eigenvalue weighted by Crippen LogP contribution is -2.43. The van der Waals surface area contributed by atoms with Gasteiger partial charge in [-0.25, -0.2) is 14.5 Å². The Balaban J connectivity index is 1.15. The topological polar surface area (TPSA) is 78.7 Å². The average Bonchev–Trinajstić information content (AvgIpc) is 3.68. The third-order valence-corrected chi connectivity index (χ3v) is 7.63. The second-order valence-electron chi connectivity index (χ2n) is 10.9. The zero-order valence-corrected chi connectivity index (χ0v) is 22.8. The van der Waals surface area contributed by atoms with E-state index in [0.717, 1.165) is 50.4 Å². The number of fused-ring (bicyclic) bond motifs is 1. The molecule has 204 valence electrons. The number of nitrogens with one attached hydrogen (secondary N) is 1. The number of imidazole rings is 1. The Morgan fingerprint density at radius 3 is 2.65 bits per heavy atom. The van der Waals surface area contributed by atoms with E-state index in [0.29, 0.717) is 22.9 Å². The minimum absolute atomic E-state index is 0.0374. The minimum Gasteiger partial charge on any atom is -0.322 e. The number of carbonyl (C=O) groups is 1. The number of benzene rings is 1. The molecular weight excluding hydrogens is 505 g/mol. The highest BCUT2D eigenvalue weighted by Crippen LogP contribution is 2.32. The maximum atomic E-state index is 14.5. The first kappa shape index (κ1) is 26.1. The molecule has 9 heteroatoms. The number of piperazine rings is 1. The molecule has 2 aliphatic rings. The van der Waals surface area contributed by atoms with Crippen molar-refractivity contribution >= 4 is 17.2 Å². The maximum absolute atomic E-state index is 14.5. The monoisotopic (exact) mass is 537 g/mol. The summed E-state index contributed by atoms with van der Waals surface area (Å²) in [6.07, 6.45) is 6.27. The van der Waals surface area contributed by atoms with Gasteiger partial charge in [0, 0.05) is 44.6 Å². The largest absolute Gasteiger partial charge is 0.322 e. The second-order valence-corrected chi connectivity index (χ2v) is 10.9. The third-order valence-electron chi connectivity index (χ3n) is 7.63. The van der Waals surface area contributed by atoms with Crippen LogP contribution in [0.25, 0.3) is 5.65 Å². The van der Waals surface area contributed by atoms with Crippen LogP contribution in [0.1, 0.15) is 51.3 Å². The summed E-state index contributed by atoms with van der Waals surface area (Å²) in [5.41, 5.74) is 5.52. The van der Waals surface area contributed by atoms with Crippen molar-refractivity contribution in [2.45, 2.75) is 32.7 Å². The number of likely N-dealkylation sites (N-methyl/N-ethyl adjacent to an activating group) is 1. The molecule has 1 aliphatic carbocycles. The first-order valence-corrected chi connectivity index (χ1v) is 13.7. The van der Waals surface area contributed by atoms with E-state index in [1.807, 2.05) is 24.3 Å². The summed E-state index contributed by atoms with van der Waals surface area (Å²) >= 11 is 0. The lowest BCUT2D eigenvalue weighted by Gasteiger charge is -2.32. The van der Waals surface area contributed by atoms with E-state index in [2.05, 4.69) is 62.1 Å². The number of hydrogen-bond acceptors (Lipinski definition) is 6. The first-order chi connectivity index (χ1) is 19.4. The molecule has 2 fully saturated rings. The van der Waals surface area contributed by atoms with Crippen LogP contribution < -0.4 is 5.32 Å². The number of carbonyl (C=O) groups excluding carboxylic acids is 1. The Kier molecular flexibility index (Phi) is 7.29. The quantitative estimate of drug-likeness (QED) is 0.297. The number of aromatic nitrogens is 4. The molecule has 1 aliphatic heterocycles. The number of nitrogens with zero attached hydrogens (tertiary/aromatic N) is 6. The summed E-state index contributed by atoms with van der Waals surface area (Å²) in [6.45, 7) is 7.18. The molecule has 1 aromatic carbocycles. The second kappa shape index (κ2) is 11.2. The minimum atomic E-state index is -0.732. The Bertz CT molecular complexity index is 1620. The van der Waals surface area contributed by atoms with Gasteiger partial charge in [0.25, 0.3) is 5.91 Å². The van der Waals surface area contributed by atoms with Gasteiger partial charge in [0.2, 0.25) is 5.95 Å². The lowest BCUT2D eigenvalue weighted by molar-refractivity contribution is 0.102. The van der Waals surface area contributed by atoms with Crippen LogP contribution in [0.3, 0.4) is 0 Å². The molecule has 0 radical (unpaired) electrons. The molecule has 0 spiro atoms. The van der Waals surface area contributed by atoms with Crippen LogP contribution in [0.15, 0.2) is 48.8 Å². The first-order valence-electron chi connectivity index (χ1n) is 13.7. The molecule has 0 atom stereocenters. The van der Waals surface area contributed by atoms with E-state index in [-0.39, 0.29) is 17.0 Å². The SMILES string of the molecule is Cc1cc(NC(=O)c2cnc(F)c(C#Cc3cnc4ccc(CC5CC5)nn34)c2)ccc1CN1CCN(C)CC1. The number of hydrogen-bond donors (Lipinski definition) is 1. The van der Waals surface area contributed by atoms with Crippen LogP contribution in [0.5, 0.6) is 0 Å². The zero-order chi connectivity index (χ0) is 27.6. The number of rotatable bonds is 6. The highest BCUT2D eigenvalue weighted by Gasteiger charge is 2.22. The van der Waals surface area contributed by atoms with Gasteiger partial charge in [0.1, 0.15) is 5.69 Å². The number of anilines is 1. The van der Waals surface area contributed by atoms with Gasteiger partial charge in [0.15, 0.2) is 5.65 Å². The predicted molar refractivity (Wildman–Crippen MR) is 151 cm³/mol. The molecule has 4 heterocycles. The van der Waals surface area contributed by atoms with E-state index in [1.54, 1.807) is 10.7 Å². The van der Waals surface area contributed by atoms with Gasteiger partial charge in [-0.3, -0.25) is 9.69 Å². The fraction of sp³-hybridized carbons (Fsp3) is 0.355. The summed E-state index contributed by atoms with van der Waals surface area (Å²) in [4.78, 5) is 25.9. The molecule has 1 saturated heterocycles. The van der Waals surface area contributed by atoms with Crippen LogP contribution in [0, 0.1) is 30.6 Å². The van der Waals surface area contributed by atoms with Gasteiger partial charge < -0.3 is 10.2 Å². The fourth-order valence-corrected chi connectivity index (χ4v) is 4.92. The third kappa shape index (κ3) is 6.03. The van der Waals surface area contributed by atoms with Crippen LogP contribution >= 0.6 is 0 Å². The Morgan fingerprint density at radius 1 is 1.05 bits per heavy atom. The van der Waals surface area contributed by atoms with Crippen molar-refractivity contribution < 1.29 is 9.18 Å². The molecule has 40 heavy (non-hydrogen) atoms. The van der Waals surface area contributed by atoms with Crippen molar-refractivity contribution in [3.8, 4) is 11.8 Å². The van der Waals surface area contributed by atoms with Crippen molar-refractivity contribution in [2.24, 2.45) is 5.92 Å². The normalized spacial score (nSPS) is 16.1. The van der Waals surface area contributed by atoms with Crippen LogP contribution in [0.4, 0.5) is 10.1 Å². The van der Waals surface area contributed by atoms with Crippen molar-refractivity contribution in [1.29, 1.82) is 0 Å². The smallest absolute Gasteiger partial charge is 0.257 e. The summed E-state index contributed by atoms with van der Waals surface area (Å²) in [5.74, 6) is 5.38. The molecule has 0 unspecified atom stereocenters. The van der Waals surface area contributed by atoms with Gasteiger partial charge in [-0.05, 0) is 86.5 Å². The number of pyridine rings is 1. The van der Waals surface area contributed by atoms with Gasteiger partial charge in [0.05, 0.1) is 23.0 Å². The van der Waals surface area contributed by atoms with Crippen molar-refractivity contribution in [3.63, 3.8) is 0 Å². The molecule has 1 amide bonds. The maximum Gasteiger partial charge on any atom is 0.257 e. The molecular formula is C31H32FN7O. The Morgan fingerprint density at radius 2 is 1.88 bits per heavy atom. The molecule has 4 aromatic rings. The predicted octanol–water partition coefficient (Wildman–Crippen LogP) is 3.92. The van der Waals surface area contributed by atoms with E-state index >= 15 is 0 Å². The Labute approximate surface area is 233 Å². The molecule has 1 saturated carbocycles. The van der Waals surface area contributed by atoms with Crippen molar-refractivity contribution in [2.75, 3.05) is 38.5 Å². The summed E-state index contributed by atoms with van der Waals surface area (Å²) in [5, 5.41) is 7.57. The molecule has 3 aromatic heterocycles. The Hall–Kier alpha value is -4.13. The number of halogens is 1. The fourth-order valence-electron chi connectivity index (χ4n) is 4.92. The summed E-state index contributed by atoms with van der Waals surface area (Å²) < 4.78 is 16.2. The molecule has 0 bridgehead atoms. The zero-order valence-electron chi connectivity index (χ0n) is 22.8. The highest BCUT2D eigenvalue weighted by atomic mass is 19.1. The number of aryl methyl sites for hydroxylation is 1. The van der Waals surface area contributed by atoms with E-state index in [4.69, 9.17) is 0 Å². The van der Waals surface area contributed by atoms with Crippen LogP contribution in [-0.2, 0) is 13.0 Å². The lowest BCUT2D eigenvalue weighted by atomic mass is 10.1. The van der Waals surface area contributed by atoms with Gasteiger partial charge in [-0.15, -0.1) is 0 Å². The van der Waals surface area contributed by atoms with Crippen LogP contribution in [-0.4, -0.2) is 68.5 Å². The average molecular weight is 538 g/mol. The summed E-state index contributed by atoms with van der Waals surface area (Å²) in [7, 11) is 2.15. The highest BCUT2D eigenvalue weighted by molar-refractivity contribution is 6.04. The van der Waals surface area contributed by atoms with Gasteiger partial charge in [-0.2, -0.15) is 9.49 Å². The van der Waals surface area contributed by atoms with E-state index < -0.39 is 5.95 Å². The molecule has 6 rings (SSSR count). The van der Waals surface area contributed by atoms with Gasteiger partial charge in [-0.1, -0.05) is 12.0 Å². The van der Waals surface area contributed by atoms with Crippen LogP contribution in [0.2, 0.25) is 0 Å². The van der Waals surface area contributed by atoms with Gasteiger partial charge >= 0.3 is 0 Å². The van der Waals surface area contributed by atoms with E-state index in [9.17, 15) is 9.18 Å². The standard InChI is InChI=1S/C31H32FN7O/c1-21-15-26(7-5-24(21)20-38-13-11-37(2)12-14-38)35-31(40)25-17-23(30(32)34-18-25)6-9-28-19-33-29-10-8-27(36-39(28)29)16-22-3-4-22/h5,7-8,10,15,17-19,22H,3-4,11-14,16,20H2,1-2H3,(H,35,40). The molecule has 1 N–H and O–H groups in total. The summed E-state index contributed by atoms with van der Waals surface area (Å²) in [6, 6.07) is 11.3. The molecule has 8 nitrogen and oxygen atoms in total. The van der Waals surface area contributed by atoms with Crippen molar-refractivity contribution in [3.05, 3.63) is 88.4 Å². The number of amides is 1. The van der Waals surface area contributed by atoms with E-state index in [1.165, 1.54) is 30.7 Å².